The molecule has 0 spiro atoms. The molecule has 0 aliphatic rings. The number of nitrogens with two attached hydrogens (primary N) is 1. The Bertz CT molecular complexity index is 984. The van der Waals surface area contributed by atoms with Crippen molar-refractivity contribution in [2.24, 2.45) is 5.84 Å². The molecule has 0 saturated carbocycles. The third-order valence-electron chi connectivity index (χ3n) is 5.53. The van der Waals surface area contributed by atoms with E-state index in [-0.39, 0.29) is 18.8 Å². The molecule has 3 atom stereocenters. The van der Waals surface area contributed by atoms with E-state index in [9.17, 15) is 23.9 Å². The number of hydrazine groups is 1. The van der Waals surface area contributed by atoms with Crippen LogP contribution in [0.5, 0.6) is 0 Å². The van der Waals surface area contributed by atoms with Gasteiger partial charge >= 0.3 is 5.97 Å². The fraction of sp³-hybridized carbons (Fsp3) is 0.400. The lowest BCUT2D eigenvalue weighted by atomic mass is 10.0. The highest BCUT2D eigenvalue weighted by Crippen LogP contribution is 2.11. The molecule has 196 valence electrons. The lowest BCUT2D eigenvalue weighted by Crippen LogP contribution is -2.58. The maximum Gasteiger partial charge on any atom is 0.326 e. The van der Waals surface area contributed by atoms with E-state index in [1.165, 1.54) is 41.0 Å². The summed E-state index contributed by atoms with van der Waals surface area (Å²) in [5, 5.41) is 16.3. The van der Waals surface area contributed by atoms with E-state index < -0.39 is 41.7 Å². The number of halogens is 2. The van der Waals surface area contributed by atoms with Crippen LogP contribution < -0.4 is 16.5 Å². The number of nitrogens with zero attached hydrogens (tertiary/aromatic N) is 1. The molecule has 0 saturated heterocycles. The Labute approximate surface area is 219 Å². The molecule has 5 N–H and O–H groups in total. The van der Waals surface area contributed by atoms with Crippen LogP contribution >= 0.6 is 23.4 Å². The van der Waals surface area contributed by atoms with Crippen LogP contribution in [0.4, 0.5) is 4.39 Å². The number of hydrogen-bond donors (Lipinski definition) is 4. The van der Waals surface area contributed by atoms with E-state index in [1.54, 1.807) is 0 Å². The van der Waals surface area contributed by atoms with E-state index in [1.807, 2.05) is 36.6 Å². The first-order chi connectivity index (χ1) is 17.2. The number of alkyl halides is 1. The number of amides is 2. The number of nitrogens with one attached hydrogen (secondary N) is 2. The predicted molar refractivity (Wildman–Crippen MR) is 140 cm³/mol. The van der Waals surface area contributed by atoms with Gasteiger partial charge in [0.15, 0.2) is 0 Å². The normalized spacial score (nSPS) is 13.6. The minimum atomic E-state index is -1.25. The quantitative estimate of drug-likeness (QED) is 0.156. The van der Waals surface area contributed by atoms with Crippen molar-refractivity contribution in [3.8, 4) is 0 Å². The molecule has 2 aromatic rings. The van der Waals surface area contributed by atoms with Crippen molar-refractivity contribution >= 4 is 41.1 Å². The highest BCUT2D eigenvalue weighted by molar-refractivity contribution is 7.98. The second kappa shape index (κ2) is 15.5. The zero-order valence-electron chi connectivity index (χ0n) is 20.0. The van der Waals surface area contributed by atoms with Gasteiger partial charge in [-0.3, -0.25) is 15.4 Å². The van der Waals surface area contributed by atoms with Gasteiger partial charge in [0.1, 0.15) is 23.9 Å². The van der Waals surface area contributed by atoms with Crippen molar-refractivity contribution in [1.29, 1.82) is 0 Å². The van der Waals surface area contributed by atoms with Gasteiger partial charge in [-0.25, -0.2) is 14.2 Å². The molecule has 0 bridgehead atoms. The summed E-state index contributed by atoms with van der Waals surface area (Å²) in [6.45, 7) is 0.257. The summed E-state index contributed by atoms with van der Waals surface area (Å²) in [7, 11) is 0. The molecule has 36 heavy (non-hydrogen) atoms. The minimum absolute atomic E-state index is 0.0342. The number of aliphatic carboxylic acids is 1. The average Bonchev–Trinajstić information content (AvgIpc) is 2.86. The van der Waals surface area contributed by atoms with E-state index in [4.69, 9.17) is 17.4 Å². The minimum Gasteiger partial charge on any atom is -0.480 e. The van der Waals surface area contributed by atoms with Crippen LogP contribution in [-0.2, 0) is 27.2 Å². The first-order valence-electron chi connectivity index (χ1n) is 11.4. The van der Waals surface area contributed by atoms with Crippen molar-refractivity contribution < 1.29 is 23.9 Å². The Morgan fingerprint density at radius 1 is 1.00 bits per heavy atom. The first-order valence-corrected chi connectivity index (χ1v) is 13.4. The summed E-state index contributed by atoms with van der Waals surface area (Å²) in [5.41, 5.74) is 1.44. The second-order valence-electron chi connectivity index (χ2n) is 8.20. The first kappa shape index (κ1) is 29.6. The van der Waals surface area contributed by atoms with Gasteiger partial charge in [-0.2, -0.15) is 11.8 Å². The van der Waals surface area contributed by atoms with Gasteiger partial charge in [0, 0.05) is 18.8 Å². The molecule has 0 fully saturated rings. The number of hydrogen-bond acceptors (Lipinski definition) is 6. The van der Waals surface area contributed by atoms with E-state index >= 15 is 0 Å². The monoisotopic (exact) mass is 538 g/mol. The Morgan fingerprint density at radius 3 is 2.19 bits per heavy atom. The smallest absolute Gasteiger partial charge is 0.326 e. The topological polar surface area (TPSA) is 125 Å². The van der Waals surface area contributed by atoms with Crippen LogP contribution in [0.15, 0.2) is 54.6 Å². The highest BCUT2D eigenvalue weighted by Gasteiger charge is 2.30. The molecule has 0 aromatic heterocycles. The third kappa shape index (κ3) is 9.77. The van der Waals surface area contributed by atoms with Gasteiger partial charge in [-0.1, -0.05) is 42.5 Å². The van der Waals surface area contributed by atoms with Gasteiger partial charge in [-0.05, 0) is 48.1 Å². The molecule has 11 heteroatoms. The summed E-state index contributed by atoms with van der Waals surface area (Å²) in [6, 6.07) is 11.7. The number of thioether (sulfide) groups is 1. The van der Waals surface area contributed by atoms with Crippen LogP contribution in [0.1, 0.15) is 17.5 Å². The number of benzene rings is 2. The molecule has 2 rings (SSSR count). The largest absolute Gasteiger partial charge is 0.480 e. The number of carboxylic acid groups (broad SMARTS) is 1. The zero-order chi connectivity index (χ0) is 26.5. The molecule has 0 heterocycles. The van der Waals surface area contributed by atoms with E-state index in [2.05, 4.69) is 10.6 Å². The summed E-state index contributed by atoms with van der Waals surface area (Å²) in [6.07, 6.45) is 2.43. The fourth-order valence-corrected chi connectivity index (χ4v) is 4.22. The average molecular weight is 539 g/mol. The maximum atomic E-state index is 13.3. The standard InChI is InChI=1S/C25H32ClFN4O4S/c1-36-14-11-20(23(32)30-21(25(34)35)15-18-7-9-19(27)10-8-18)29-24(33)22(31(28)13-12-26)16-17-5-3-2-4-6-17/h2-10,20-22H,11-16,28H2,1H3,(H,29,33)(H,30,32)(H,34,35)/t20-,21-,22-/m0/s1. The van der Waals surface area contributed by atoms with Gasteiger partial charge in [0.25, 0.3) is 0 Å². The summed E-state index contributed by atoms with van der Waals surface area (Å²) in [5.74, 6) is 4.15. The van der Waals surface area contributed by atoms with Crippen molar-refractivity contribution in [2.45, 2.75) is 37.4 Å². The van der Waals surface area contributed by atoms with E-state index in [0.29, 0.717) is 24.2 Å². The number of rotatable bonds is 15. The number of carbonyl (C=O) groups is 3. The van der Waals surface area contributed by atoms with Crippen LogP contribution in [0, 0.1) is 5.82 Å². The number of carbonyl (C=O) groups excluding carboxylic acids is 2. The maximum absolute atomic E-state index is 13.3. The van der Waals surface area contributed by atoms with Gasteiger partial charge in [0.05, 0.1) is 0 Å². The van der Waals surface area contributed by atoms with Crippen LogP contribution in [0.3, 0.4) is 0 Å². The van der Waals surface area contributed by atoms with Crippen molar-refractivity contribution in [2.75, 3.05) is 24.4 Å². The SMILES string of the molecule is CSCC[C@H](NC(=O)[C@H](Cc1ccccc1)N(N)CCCl)C(=O)N[C@@H](Cc1ccc(F)cc1)C(=O)O. The highest BCUT2D eigenvalue weighted by atomic mass is 35.5. The van der Waals surface area contributed by atoms with Crippen LogP contribution in [-0.4, -0.2) is 70.5 Å². The summed E-state index contributed by atoms with van der Waals surface area (Å²) in [4.78, 5) is 38.2. The molecule has 0 unspecified atom stereocenters. The lowest BCUT2D eigenvalue weighted by molar-refractivity contribution is -0.142. The second-order valence-corrected chi connectivity index (χ2v) is 9.57. The van der Waals surface area contributed by atoms with Crippen molar-refractivity contribution in [3.63, 3.8) is 0 Å². The third-order valence-corrected chi connectivity index (χ3v) is 6.34. The lowest BCUT2D eigenvalue weighted by Gasteiger charge is -2.28. The summed E-state index contributed by atoms with van der Waals surface area (Å²) < 4.78 is 13.2. The molecule has 2 aromatic carbocycles. The molecule has 0 radical (unpaired) electrons. The van der Waals surface area contributed by atoms with Gasteiger partial charge < -0.3 is 15.7 Å². The van der Waals surface area contributed by atoms with Gasteiger partial charge in [0.2, 0.25) is 11.8 Å². The van der Waals surface area contributed by atoms with Crippen LogP contribution in [0.2, 0.25) is 0 Å². The Kier molecular flexibility index (Phi) is 12.7. The molecule has 0 aliphatic carbocycles. The van der Waals surface area contributed by atoms with E-state index in [0.717, 1.165) is 5.56 Å². The zero-order valence-corrected chi connectivity index (χ0v) is 21.6. The molecule has 2 amide bonds. The molecule has 8 nitrogen and oxygen atoms in total. The fourth-order valence-electron chi connectivity index (χ4n) is 3.55. The van der Waals surface area contributed by atoms with Gasteiger partial charge in [-0.15, -0.1) is 11.6 Å². The molecular formula is C25H32ClFN4O4S. The Balaban J connectivity index is 2.16. The van der Waals surface area contributed by atoms with Crippen molar-refractivity contribution in [1.82, 2.24) is 15.6 Å². The van der Waals surface area contributed by atoms with Crippen molar-refractivity contribution in [3.05, 3.63) is 71.5 Å². The van der Waals surface area contributed by atoms with Crippen LogP contribution in [0.25, 0.3) is 0 Å². The Morgan fingerprint density at radius 2 is 1.61 bits per heavy atom. The molecular weight excluding hydrogens is 507 g/mol. The number of carboxylic acids is 1. The molecule has 0 aliphatic heterocycles. The Hall–Kier alpha value is -2.66. The predicted octanol–water partition coefficient (Wildman–Crippen LogP) is 2.20. The summed E-state index contributed by atoms with van der Waals surface area (Å²) >= 11 is 7.33.